The number of hydrogen-bond acceptors (Lipinski definition) is 7. The fraction of sp³-hybridized carbons (Fsp3) is 0.174. The number of likely N-dealkylation sites (tertiary alicyclic amines) is 1. The summed E-state index contributed by atoms with van der Waals surface area (Å²) >= 11 is 0. The largest absolute Gasteiger partial charge is 0.464 e. The van der Waals surface area contributed by atoms with Crippen LogP contribution in [0.1, 0.15) is 26.3 Å². The van der Waals surface area contributed by atoms with Crippen LogP contribution in [0.3, 0.4) is 0 Å². The number of carbonyl (C=O) groups is 5. The summed E-state index contributed by atoms with van der Waals surface area (Å²) in [6.07, 6.45) is 0. The second-order valence-corrected chi connectivity index (χ2v) is 7.16. The van der Waals surface area contributed by atoms with Crippen molar-refractivity contribution in [3.8, 4) is 0 Å². The molecule has 162 valence electrons. The number of carbonyl (C=O) groups excluding carboxylic acids is 5. The summed E-state index contributed by atoms with van der Waals surface area (Å²) in [7, 11) is 1.10. The lowest BCUT2D eigenvalue weighted by Gasteiger charge is -2.47. The number of methoxy groups -OCH3 is 1. The van der Waals surface area contributed by atoms with E-state index in [1.165, 1.54) is 12.1 Å². The number of imide groups is 1. The molecule has 0 aliphatic carbocycles. The van der Waals surface area contributed by atoms with E-state index in [0.29, 0.717) is 5.56 Å². The second kappa shape index (κ2) is 8.10. The van der Waals surface area contributed by atoms with Gasteiger partial charge in [0.1, 0.15) is 12.3 Å². The first-order chi connectivity index (χ1) is 15.4. The minimum Gasteiger partial charge on any atom is -0.464 e. The van der Waals surface area contributed by atoms with Gasteiger partial charge in [0, 0.05) is 0 Å². The summed E-state index contributed by atoms with van der Waals surface area (Å²) in [5, 5.41) is 0. The molecule has 2 aromatic carbocycles. The van der Waals surface area contributed by atoms with Crippen LogP contribution in [0.4, 0.5) is 0 Å². The van der Waals surface area contributed by atoms with Crippen LogP contribution in [-0.4, -0.2) is 58.7 Å². The van der Waals surface area contributed by atoms with Crippen molar-refractivity contribution in [2.24, 2.45) is 0 Å². The third-order valence-corrected chi connectivity index (χ3v) is 5.35. The molecule has 0 bridgehead atoms. The Labute approximate surface area is 182 Å². The molecule has 0 unspecified atom stereocenters. The maximum atomic E-state index is 13.0. The third kappa shape index (κ3) is 3.24. The first-order valence-corrected chi connectivity index (χ1v) is 9.64. The summed E-state index contributed by atoms with van der Waals surface area (Å²) in [4.78, 5) is 65.1. The Morgan fingerprint density at radius 2 is 1.50 bits per heavy atom. The number of hydrogen-bond donors (Lipinski definition) is 0. The van der Waals surface area contributed by atoms with Crippen molar-refractivity contribution < 1.29 is 33.4 Å². The standard InChI is InChI=1S/C23H18N2O7/c1-13(22(29)31-2)24-18(23(30)32-12-14-8-4-3-5-9-14)17(21(24)28)25-19(26)15-10-6-7-11-16(15)20(25)27/h3-11,17-18H,1,12H2,2H3/t17-,18-/m0/s1. The maximum absolute atomic E-state index is 13.0. The lowest BCUT2D eigenvalue weighted by atomic mass is 9.92. The van der Waals surface area contributed by atoms with Gasteiger partial charge in [0.2, 0.25) is 0 Å². The second-order valence-electron chi connectivity index (χ2n) is 7.16. The van der Waals surface area contributed by atoms with Gasteiger partial charge in [-0.1, -0.05) is 49.0 Å². The number of nitrogens with zero attached hydrogens (tertiary/aromatic N) is 2. The summed E-state index contributed by atoms with van der Waals surface area (Å²) in [6.45, 7) is 3.42. The lowest BCUT2D eigenvalue weighted by Crippen LogP contribution is -2.74. The zero-order valence-electron chi connectivity index (χ0n) is 17.0. The van der Waals surface area contributed by atoms with E-state index in [0.717, 1.165) is 16.9 Å². The van der Waals surface area contributed by atoms with Crippen LogP contribution in [0, 0.1) is 0 Å². The van der Waals surface area contributed by atoms with Crippen LogP contribution in [0.5, 0.6) is 0 Å². The van der Waals surface area contributed by atoms with Gasteiger partial charge in [0.25, 0.3) is 17.7 Å². The highest BCUT2D eigenvalue weighted by Crippen LogP contribution is 2.35. The zero-order chi connectivity index (χ0) is 23.0. The van der Waals surface area contributed by atoms with Crippen molar-refractivity contribution in [3.63, 3.8) is 0 Å². The van der Waals surface area contributed by atoms with Gasteiger partial charge >= 0.3 is 11.9 Å². The van der Waals surface area contributed by atoms with Gasteiger partial charge in [-0.25, -0.2) is 9.59 Å². The van der Waals surface area contributed by atoms with E-state index >= 15 is 0 Å². The summed E-state index contributed by atoms with van der Waals surface area (Å²) < 4.78 is 9.93. The van der Waals surface area contributed by atoms with Gasteiger partial charge in [-0.2, -0.15) is 0 Å². The molecular weight excluding hydrogens is 416 g/mol. The third-order valence-electron chi connectivity index (χ3n) is 5.35. The van der Waals surface area contributed by atoms with Gasteiger partial charge < -0.3 is 9.47 Å². The molecule has 2 aromatic rings. The topological polar surface area (TPSA) is 110 Å². The van der Waals surface area contributed by atoms with Crippen LogP contribution < -0.4 is 0 Å². The molecule has 9 nitrogen and oxygen atoms in total. The van der Waals surface area contributed by atoms with E-state index in [9.17, 15) is 24.0 Å². The van der Waals surface area contributed by atoms with Gasteiger partial charge in [-0.05, 0) is 17.7 Å². The average Bonchev–Trinajstić information content (AvgIpc) is 3.06. The van der Waals surface area contributed by atoms with Crippen molar-refractivity contribution >= 4 is 29.7 Å². The maximum Gasteiger partial charge on any atom is 0.354 e. The van der Waals surface area contributed by atoms with E-state index < -0.39 is 47.4 Å². The summed E-state index contributed by atoms with van der Waals surface area (Å²) in [5.74, 6) is -4.03. The number of ether oxygens (including phenoxy) is 2. The Kier molecular flexibility index (Phi) is 5.31. The van der Waals surface area contributed by atoms with E-state index in [2.05, 4.69) is 11.3 Å². The molecule has 4 rings (SSSR count). The van der Waals surface area contributed by atoms with Gasteiger partial charge in [0.05, 0.1) is 18.2 Å². The van der Waals surface area contributed by atoms with Crippen molar-refractivity contribution in [1.29, 1.82) is 0 Å². The van der Waals surface area contributed by atoms with Crippen LogP contribution >= 0.6 is 0 Å². The van der Waals surface area contributed by atoms with Crippen LogP contribution in [0.25, 0.3) is 0 Å². The normalized spacial score (nSPS) is 19.3. The number of rotatable bonds is 6. The number of benzene rings is 2. The molecule has 1 saturated heterocycles. The Hall–Kier alpha value is -4.27. The highest BCUT2D eigenvalue weighted by Gasteiger charge is 2.61. The molecule has 0 aromatic heterocycles. The van der Waals surface area contributed by atoms with E-state index in [1.807, 2.05) is 0 Å². The highest BCUT2D eigenvalue weighted by atomic mass is 16.5. The lowest BCUT2D eigenvalue weighted by molar-refractivity contribution is -0.172. The zero-order valence-corrected chi connectivity index (χ0v) is 17.0. The first kappa shape index (κ1) is 21.0. The van der Waals surface area contributed by atoms with Gasteiger partial charge in [0.15, 0.2) is 12.1 Å². The average molecular weight is 434 g/mol. The number of fused-ring (bicyclic) bond motifs is 1. The Balaban J connectivity index is 1.63. The molecule has 0 spiro atoms. The molecule has 32 heavy (non-hydrogen) atoms. The van der Waals surface area contributed by atoms with Gasteiger partial charge in [-0.15, -0.1) is 0 Å². The Morgan fingerprint density at radius 1 is 0.938 bits per heavy atom. The van der Waals surface area contributed by atoms with Crippen molar-refractivity contribution in [2.45, 2.75) is 18.7 Å². The van der Waals surface area contributed by atoms with E-state index in [-0.39, 0.29) is 17.7 Å². The molecule has 2 atom stereocenters. The van der Waals surface area contributed by atoms with Crippen LogP contribution in [0.2, 0.25) is 0 Å². The fourth-order valence-electron chi connectivity index (χ4n) is 3.75. The smallest absolute Gasteiger partial charge is 0.354 e. The molecule has 2 heterocycles. The number of β-lactam (4-membered cyclic amide) rings is 1. The molecule has 0 radical (unpaired) electrons. The molecule has 0 saturated carbocycles. The Morgan fingerprint density at radius 3 is 2.06 bits per heavy atom. The van der Waals surface area contributed by atoms with Gasteiger partial charge in [-0.3, -0.25) is 24.2 Å². The molecule has 2 aliphatic rings. The van der Waals surface area contributed by atoms with Crippen molar-refractivity contribution in [1.82, 2.24) is 9.80 Å². The monoisotopic (exact) mass is 434 g/mol. The minimum absolute atomic E-state index is 0.0995. The molecule has 3 amide bonds. The quantitative estimate of drug-likeness (QED) is 0.292. The molecule has 2 aliphatic heterocycles. The minimum atomic E-state index is -1.47. The van der Waals surface area contributed by atoms with Crippen molar-refractivity contribution in [3.05, 3.63) is 83.6 Å². The Bertz CT molecular complexity index is 1120. The predicted molar refractivity (Wildman–Crippen MR) is 109 cm³/mol. The molecule has 1 fully saturated rings. The predicted octanol–water partition coefficient (Wildman–Crippen LogP) is 1.29. The van der Waals surface area contributed by atoms with E-state index in [1.54, 1.807) is 42.5 Å². The van der Waals surface area contributed by atoms with Crippen LogP contribution in [-0.2, 0) is 30.5 Å². The fourth-order valence-corrected chi connectivity index (χ4v) is 3.75. The van der Waals surface area contributed by atoms with E-state index in [4.69, 9.17) is 4.74 Å². The number of amides is 3. The summed E-state index contributed by atoms with van der Waals surface area (Å²) in [5.41, 5.74) is 0.563. The molecular formula is C23H18N2O7. The van der Waals surface area contributed by atoms with Crippen molar-refractivity contribution in [2.75, 3.05) is 7.11 Å². The molecule has 9 heteroatoms. The first-order valence-electron chi connectivity index (χ1n) is 9.64. The highest BCUT2D eigenvalue weighted by molar-refractivity contribution is 6.24. The SMILES string of the molecule is C=C(C(=O)OC)N1C(=O)[C@@H](N2C(=O)c3ccccc3C2=O)[C@H]1C(=O)OCc1ccccc1. The number of esters is 2. The molecule has 0 N–H and O–H groups in total. The summed E-state index contributed by atoms with van der Waals surface area (Å²) in [6, 6.07) is 12.0. The van der Waals surface area contributed by atoms with Crippen LogP contribution in [0.15, 0.2) is 66.9 Å².